The molecular formula is C19H22N2O2. The van der Waals surface area contributed by atoms with E-state index in [1.54, 1.807) is 6.08 Å². The van der Waals surface area contributed by atoms with Crippen molar-refractivity contribution in [2.75, 3.05) is 6.54 Å². The Morgan fingerprint density at radius 1 is 1.26 bits per heavy atom. The summed E-state index contributed by atoms with van der Waals surface area (Å²) in [6.07, 6.45) is 7.61. The highest BCUT2D eigenvalue weighted by Crippen LogP contribution is 2.74. The van der Waals surface area contributed by atoms with Crippen molar-refractivity contribution in [3.63, 3.8) is 0 Å². The largest absolute Gasteiger partial charge is 0.358 e. The molecular weight excluding hydrogens is 288 g/mol. The standard InChI is InChI=1S/C19H22N2O2/c1-11-7-20-15-12(22)6-13-18(3,14(11)15)4-5-21(13)16(23)19-8-17(2,9-19)10-19/h6-7,20H,4-5,8-10H2,1-3H3. The Hall–Kier alpha value is -1.84. The van der Waals surface area contributed by atoms with Crippen LogP contribution in [-0.2, 0) is 10.2 Å². The van der Waals surface area contributed by atoms with Crippen molar-refractivity contribution in [2.24, 2.45) is 10.8 Å². The molecule has 1 N–H and O–H groups in total. The summed E-state index contributed by atoms with van der Waals surface area (Å²) in [5.41, 5.74) is 3.94. The third-order valence-electron chi connectivity index (χ3n) is 6.83. The first-order valence-electron chi connectivity index (χ1n) is 8.55. The molecule has 1 unspecified atom stereocenters. The van der Waals surface area contributed by atoms with Crippen molar-refractivity contribution in [1.82, 2.24) is 9.88 Å². The number of H-pyrrole nitrogens is 1. The molecule has 2 heterocycles. The summed E-state index contributed by atoms with van der Waals surface area (Å²) in [6.45, 7) is 7.23. The lowest BCUT2D eigenvalue weighted by Gasteiger charge is -2.68. The number of aromatic nitrogens is 1. The first kappa shape index (κ1) is 13.6. The summed E-state index contributed by atoms with van der Waals surface area (Å²) < 4.78 is 0. The van der Waals surface area contributed by atoms with Gasteiger partial charge in [-0.05, 0) is 56.1 Å². The van der Waals surface area contributed by atoms with Gasteiger partial charge in [-0.15, -0.1) is 0 Å². The van der Waals surface area contributed by atoms with Crippen LogP contribution < -0.4 is 0 Å². The third kappa shape index (κ3) is 1.39. The molecule has 4 nitrogen and oxygen atoms in total. The molecule has 3 saturated carbocycles. The van der Waals surface area contributed by atoms with Gasteiger partial charge in [0.15, 0.2) is 0 Å². The van der Waals surface area contributed by atoms with Crippen LogP contribution in [0.3, 0.4) is 0 Å². The number of ketones is 1. The van der Waals surface area contributed by atoms with Gasteiger partial charge in [0.2, 0.25) is 11.7 Å². The number of carbonyl (C=O) groups is 2. The molecule has 1 aliphatic heterocycles. The summed E-state index contributed by atoms with van der Waals surface area (Å²) in [4.78, 5) is 30.7. The number of amides is 1. The quantitative estimate of drug-likeness (QED) is 0.866. The summed E-state index contributed by atoms with van der Waals surface area (Å²) in [5.74, 6) is 0.269. The smallest absolute Gasteiger partial charge is 0.233 e. The first-order valence-corrected chi connectivity index (χ1v) is 8.55. The number of hydrogen-bond acceptors (Lipinski definition) is 2. The number of fused-ring (bicyclic) bond motifs is 3. The average Bonchev–Trinajstić information content (AvgIpc) is 2.97. The monoisotopic (exact) mass is 310 g/mol. The summed E-state index contributed by atoms with van der Waals surface area (Å²) >= 11 is 0. The Morgan fingerprint density at radius 2 is 1.96 bits per heavy atom. The van der Waals surface area contributed by atoms with E-state index in [1.165, 1.54) is 0 Å². The predicted octanol–water partition coefficient (Wildman–Crippen LogP) is 3.08. The highest BCUT2D eigenvalue weighted by molar-refractivity contribution is 6.08. The molecule has 1 aromatic heterocycles. The molecule has 1 amide bonds. The van der Waals surface area contributed by atoms with E-state index in [9.17, 15) is 9.59 Å². The van der Waals surface area contributed by atoms with E-state index in [0.29, 0.717) is 11.1 Å². The zero-order chi connectivity index (χ0) is 16.2. The Morgan fingerprint density at radius 3 is 2.61 bits per heavy atom. The van der Waals surface area contributed by atoms with E-state index in [0.717, 1.165) is 49.1 Å². The Kier molecular flexibility index (Phi) is 2.14. The molecule has 5 aliphatic rings. The van der Waals surface area contributed by atoms with Crippen LogP contribution in [0.25, 0.3) is 0 Å². The molecule has 4 aliphatic carbocycles. The molecule has 1 aromatic rings. The maximum atomic E-state index is 13.1. The Balaban J connectivity index is 1.55. The van der Waals surface area contributed by atoms with Gasteiger partial charge in [0, 0.05) is 29.9 Å². The fourth-order valence-corrected chi connectivity index (χ4v) is 6.02. The van der Waals surface area contributed by atoms with Crippen molar-refractivity contribution >= 4 is 11.7 Å². The van der Waals surface area contributed by atoms with Crippen LogP contribution in [0, 0.1) is 17.8 Å². The number of rotatable bonds is 1. The fraction of sp³-hybridized carbons (Fsp3) is 0.579. The van der Waals surface area contributed by atoms with Gasteiger partial charge < -0.3 is 9.88 Å². The summed E-state index contributed by atoms with van der Waals surface area (Å²) in [5, 5.41) is 0. The van der Waals surface area contributed by atoms with E-state index in [1.807, 2.05) is 18.0 Å². The van der Waals surface area contributed by atoms with Crippen LogP contribution in [0.2, 0.25) is 0 Å². The number of aryl methyl sites for hydroxylation is 1. The fourth-order valence-electron chi connectivity index (χ4n) is 6.02. The number of nitrogens with one attached hydrogen (secondary N) is 1. The van der Waals surface area contributed by atoms with Crippen molar-refractivity contribution < 1.29 is 9.59 Å². The van der Waals surface area contributed by atoms with Crippen molar-refractivity contribution in [2.45, 2.75) is 51.9 Å². The number of hydrogen-bond donors (Lipinski definition) is 1. The SMILES string of the molecule is Cc1c[nH]c2c1C1(C)CCN(C(=O)C34CC(C)(C3)C4)C1=CC2=O. The van der Waals surface area contributed by atoms with Gasteiger partial charge in [0.25, 0.3) is 0 Å². The van der Waals surface area contributed by atoms with Crippen LogP contribution in [0.4, 0.5) is 0 Å². The van der Waals surface area contributed by atoms with E-state index in [2.05, 4.69) is 18.8 Å². The molecule has 0 radical (unpaired) electrons. The molecule has 1 saturated heterocycles. The minimum absolute atomic E-state index is 0.00447. The minimum atomic E-state index is -0.212. The maximum Gasteiger partial charge on any atom is 0.233 e. The molecule has 1 atom stereocenters. The van der Waals surface area contributed by atoms with E-state index < -0.39 is 0 Å². The minimum Gasteiger partial charge on any atom is -0.358 e. The number of carbonyl (C=O) groups excluding carboxylic acids is 2. The molecule has 23 heavy (non-hydrogen) atoms. The van der Waals surface area contributed by atoms with Gasteiger partial charge in [-0.3, -0.25) is 9.59 Å². The molecule has 120 valence electrons. The summed E-state index contributed by atoms with van der Waals surface area (Å²) in [7, 11) is 0. The number of nitrogens with zero attached hydrogens (tertiary/aromatic N) is 1. The average molecular weight is 310 g/mol. The Labute approximate surface area is 135 Å². The van der Waals surface area contributed by atoms with E-state index in [4.69, 9.17) is 0 Å². The van der Waals surface area contributed by atoms with Gasteiger partial charge in [-0.25, -0.2) is 0 Å². The van der Waals surface area contributed by atoms with Crippen molar-refractivity contribution in [3.8, 4) is 0 Å². The molecule has 2 bridgehead atoms. The highest BCUT2D eigenvalue weighted by atomic mass is 16.2. The van der Waals surface area contributed by atoms with Gasteiger partial charge in [0.05, 0.1) is 11.1 Å². The highest BCUT2D eigenvalue weighted by Gasteiger charge is 2.70. The zero-order valence-electron chi connectivity index (χ0n) is 14.0. The molecule has 4 fully saturated rings. The van der Waals surface area contributed by atoms with Crippen molar-refractivity contribution in [1.29, 1.82) is 0 Å². The van der Waals surface area contributed by atoms with Crippen molar-refractivity contribution in [3.05, 3.63) is 34.8 Å². The maximum absolute atomic E-state index is 13.1. The topological polar surface area (TPSA) is 53.2 Å². The molecule has 0 spiro atoms. The van der Waals surface area contributed by atoms with Gasteiger partial charge in [-0.2, -0.15) is 0 Å². The second kappa shape index (κ2) is 3.63. The van der Waals surface area contributed by atoms with Crippen LogP contribution >= 0.6 is 0 Å². The second-order valence-electron chi connectivity index (χ2n) is 8.78. The first-order chi connectivity index (χ1) is 10.8. The van der Waals surface area contributed by atoms with Gasteiger partial charge >= 0.3 is 0 Å². The Bertz CT molecular complexity index is 796. The number of allylic oxidation sites excluding steroid dienone is 2. The predicted molar refractivity (Wildman–Crippen MR) is 86.0 cm³/mol. The van der Waals surface area contributed by atoms with Gasteiger partial charge in [-0.1, -0.05) is 6.92 Å². The third-order valence-corrected chi connectivity index (χ3v) is 6.83. The second-order valence-corrected chi connectivity index (χ2v) is 8.78. The lowest BCUT2D eigenvalue weighted by atomic mass is 9.35. The van der Waals surface area contributed by atoms with E-state index >= 15 is 0 Å². The van der Waals surface area contributed by atoms with Gasteiger partial charge in [0.1, 0.15) is 0 Å². The zero-order valence-corrected chi connectivity index (χ0v) is 14.0. The van der Waals surface area contributed by atoms with Crippen LogP contribution in [0.5, 0.6) is 0 Å². The number of likely N-dealkylation sites (tertiary alicyclic amines) is 1. The van der Waals surface area contributed by atoms with Crippen LogP contribution in [0.1, 0.15) is 61.1 Å². The lowest BCUT2D eigenvalue weighted by molar-refractivity contribution is -0.207. The summed E-state index contributed by atoms with van der Waals surface area (Å²) in [6, 6.07) is 0. The lowest BCUT2D eigenvalue weighted by Crippen LogP contribution is -2.66. The molecule has 6 rings (SSSR count). The van der Waals surface area contributed by atoms with Crippen LogP contribution in [0.15, 0.2) is 18.0 Å². The number of aromatic amines is 1. The van der Waals surface area contributed by atoms with Crippen LogP contribution in [-0.4, -0.2) is 28.1 Å². The molecule has 0 aromatic carbocycles. The molecule has 4 heteroatoms. The normalized spacial score (nSPS) is 40.0. The van der Waals surface area contributed by atoms with E-state index in [-0.39, 0.29) is 22.5 Å².